The van der Waals surface area contributed by atoms with Crippen molar-refractivity contribution in [2.45, 2.75) is 76.5 Å². The summed E-state index contributed by atoms with van der Waals surface area (Å²) in [6.45, 7) is 11.7. The van der Waals surface area contributed by atoms with Crippen LogP contribution in [0.1, 0.15) is 81.3 Å². The van der Waals surface area contributed by atoms with Crippen LogP contribution in [0.3, 0.4) is 0 Å². The van der Waals surface area contributed by atoms with Gasteiger partial charge in [0.25, 0.3) is 0 Å². The second-order valence-corrected chi connectivity index (χ2v) is 9.37. The molecule has 1 nitrogen and oxygen atoms in total. The van der Waals surface area contributed by atoms with Gasteiger partial charge in [0.15, 0.2) is 0 Å². The molecule has 2 bridgehead atoms. The third-order valence-corrected chi connectivity index (χ3v) is 7.73. The molecule has 26 heavy (non-hydrogen) atoms. The summed E-state index contributed by atoms with van der Waals surface area (Å²) in [7, 11) is 0. The van der Waals surface area contributed by atoms with E-state index in [9.17, 15) is 0 Å². The summed E-state index contributed by atoms with van der Waals surface area (Å²) < 4.78 is 0. The molecular weight excluding hydrogens is 314 g/mol. The lowest BCUT2D eigenvalue weighted by Crippen LogP contribution is -2.53. The predicted molar refractivity (Wildman–Crippen MR) is 109 cm³/mol. The summed E-state index contributed by atoms with van der Waals surface area (Å²) in [5.74, 6) is 6.95. The Bertz CT molecular complexity index is 1060. The van der Waals surface area contributed by atoms with Crippen LogP contribution in [-0.2, 0) is 16.2 Å². The van der Waals surface area contributed by atoms with E-state index in [0.717, 1.165) is 25.0 Å². The van der Waals surface area contributed by atoms with Crippen molar-refractivity contribution >= 4 is 17.0 Å². The predicted octanol–water partition coefficient (Wildman–Crippen LogP) is 5.95. The number of hydrogen-bond acceptors (Lipinski definition) is 1. The largest absolute Gasteiger partial charge is 0.248 e. The maximum atomic E-state index is 5.16. The first kappa shape index (κ1) is 16.1. The van der Waals surface area contributed by atoms with Gasteiger partial charge in [-0.1, -0.05) is 26.8 Å². The van der Waals surface area contributed by atoms with Crippen LogP contribution in [0.4, 0.5) is 0 Å². The molecule has 0 spiro atoms. The highest BCUT2D eigenvalue weighted by atomic mass is 14.8. The Morgan fingerprint density at radius 3 is 2.65 bits per heavy atom. The van der Waals surface area contributed by atoms with Gasteiger partial charge in [0.05, 0.1) is 11.2 Å². The van der Waals surface area contributed by atoms with Crippen molar-refractivity contribution in [2.75, 3.05) is 0 Å². The molecule has 1 aromatic heterocycles. The van der Waals surface area contributed by atoms with Gasteiger partial charge in [-0.15, -0.1) is 11.8 Å². The molecule has 3 aliphatic rings. The first-order chi connectivity index (χ1) is 12.3. The number of aryl methyl sites for hydroxylation is 1. The fraction of sp³-hybridized carbons (Fsp3) is 0.480. The van der Waals surface area contributed by atoms with Crippen molar-refractivity contribution in [3.05, 3.63) is 46.2 Å². The van der Waals surface area contributed by atoms with E-state index < -0.39 is 0 Å². The van der Waals surface area contributed by atoms with Crippen LogP contribution in [0.15, 0.2) is 18.2 Å². The molecule has 1 heteroatoms. The van der Waals surface area contributed by atoms with E-state index in [4.69, 9.17) is 4.98 Å². The first-order valence-corrected chi connectivity index (χ1v) is 9.92. The zero-order valence-electron chi connectivity index (χ0n) is 16.6. The average Bonchev–Trinajstić information content (AvgIpc) is 2.82. The Balaban J connectivity index is 1.92. The van der Waals surface area contributed by atoms with Crippen LogP contribution < -0.4 is 0 Å². The van der Waals surface area contributed by atoms with Crippen molar-refractivity contribution in [3.8, 4) is 11.8 Å². The van der Waals surface area contributed by atoms with E-state index in [1.54, 1.807) is 11.1 Å². The zero-order chi connectivity index (χ0) is 18.3. The van der Waals surface area contributed by atoms with Crippen LogP contribution in [-0.4, -0.2) is 4.98 Å². The van der Waals surface area contributed by atoms with Crippen molar-refractivity contribution in [1.82, 2.24) is 4.98 Å². The van der Waals surface area contributed by atoms with Crippen LogP contribution in [0.25, 0.3) is 17.0 Å². The third kappa shape index (κ3) is 1.67. The number of aromatic nitrogens is 1. The number of hydrogen-bond donors (Lipinski definition) is 0. The van der Waals surface area contributed by atoms with Crippen molar-refractivity contribution in [3.63, 3.8) is 0 Å². The highest BCUT2D eigenvalue weighted by Crippen LogP contribution is 2.70. The van der Waals surface area contributed by atoms with Crippen LogP contribution in [0, 0.1) is 18.8 Å². The molecular formula is C25H27N. The van der Waals surface area contributed by atoms with Crippen LogP contribution >= 0.6 is 0 Å². The van der Waals surface area contributed by atoms with Crippen LogP contribution in [0.5, 0.6) is 0 Å². The summed E-state index contributed by atoms with van der Waals surface area (Å²) in [4.78, 5) is 5.16. The van der Waals surface area contributed by atoms with Gasteiger partial charge < -0.3 is 0 Å². The highest BCUT2D eigenvalue weighted by Gasteiger charge is 2.65. The molecule has 0 radical (unpaired) electrons. The molecule has 3 unspecified atom stereocenters. The smallest absolute Gasteiger partial charge is 0.0750 e. The molecule has 1 aromatic carbocycles. The number of nitrogens with zero attached hydrogens (tertiary/aromatic N) is 1. The van der Waals surface area contributed by atoms with Gasteiger partial charge in [-0.05, 0) is 67.2 Å². The fourth-order valence-corrected chi connectivity index (χ4v) is 6.22. The number of allylic oxidation sites excluding steroid dienone is 1. The standard InChI is InChI=1S/C25H27N/c1-6-10-19-16(2)13-17-14-18-20-21(22(17)26-19)24(4)12-9-7-8-11-23(18,3)15-25(20,24)5/h6,10,13-14H,9,11-12,15H2,1-5H3/b10-6-. The Labute approximate surface area is 156 Å². The summed E-state index contributed by atoms with van der Waals surface area (Å²) >= 11 is 0. The SMILES string of the molecule is C/C=C\c1nc2c3c4c(cc2cc1C)C1(C)CC#CCCC3(C)C4(C)C1. The van der Waals surface area contributed by atoms with Crippen molar-refractivity contribution in [2.24, 2.45) is 0 Å². The minimum Gasteiger partial charge on any atom is -0.248 e. The number of pyridine rings is 1. The third-order valence-electron chi connectivity index (χ3n) is 7.73. The first-order valence-electron chi connectivity index (χ1n) is 9.92. The van der Waals surface area contributed by atoms with E-state index in [1.165, 1.54) is 28.5 Å². The lowest BCUT2D eigenvalue weighted by Gasteiger charge is -2.56. The summed E-state index contributed by atoms with van der Waals surface area (Å²) in [5, 5.41) is 1.32. The van der Waals surface area contributed by atoms with Crippen molar-refractivity contribution < 1.29 is 0 Å². The Kier molecular flexibility index (Phi) is 2.98. The monoisotopic (exact) mass is 341 g/mol. The van der Waals surface area contributed by atoms with Gasteiger partial charge in [-0.25, -0.2) is 4.98 Å². The number of rotatable bonds is 1. The molecule has 0 amide bonds. The minimum absolute atomic E-state index is 0.179. The average molecular weight is 341 g/mol. The molecule has 5 rings (SSSR count). The van der Waals surface area contributed by atoms with E-state index in [-0.39, 0.29) is 16.2 Å². The molecule has 3 atom stereocenters. The van der Waals surface area contributed by atoms with Gasteiger partial charge in [0.1, 0.15) is 0 Å². The maximum Gasteiger partial charge on any atom is 0.0750 e. The number of benzene rings is 1. The van der Waals surface area contributed by atoms with E-state index in [2.05, 4.69) is 70.7 Å². The molecule has 2 aromatic rings. The van der Waals surface area contributed by atoms with Gasteiger partial charge >= 0.3 is 0 Å². The topological polar surface area (TPSA) is 12.9 Å². The quantitative estimate of drug-likeness (QED) is 0.584. The zero-order valence-corrected chi connectivity index (χ0v) is 16.6. The lowest BCUT2D eigenvalue weighted by atomic mass is 9.46. The van der Waals surface area contributed by atoms with Gasteiger partial charge in [0.2, 0.25) is 0 Å². The Morgan fingerprint density at radius 2 is 1.88 bits per heavy atom. The molecule has 0 aliphatic heterocycles. The van der Waals surface area contributed by atoms with E-state index in [1.807, 2.05) is 0 Å². The molecule has 0 fully saturated rings. The summed E-state index contributed by atoms with van der Waals surface area (Å²) in [6, 6.07) is 4.79. The molecule has 0 saturated carbocycles. The van der Waals surface area contributed by atoms with Gasteiger partial charge in [-0.2, -0.15) is 0 Å². The molecule has 132 valence electrons. The summed E-state index contributed by atoms with van der Waals surface area (Å²) in [5.41, 5.74) is 8.93. The Morgan fingerprint density at radius 1 is 1.08 bits per heavy atom. The molecule has 0 N–H and O–H groups in total. The minimum atomic E-state index is 0.179. The van der Waals surface area contributed by atoms with Crippen molar-refractivity contribution in [1.29, 1.82) is 0 Å². The lowest BCUT2D eigenvalue weighted by molar-refractivity contribution is 0.169. The summed E-state index contributed by atoms with van der Waals surface area (Å²) in [6.07, 6.45) is 8.59. The molecule has 0 saturated heterocycles. The van der Waals surface area contributed by atoms with E-state index >= 15 is 0 Å². The second kappa shape index (κ2) is 4.80. The normalized spacial score (nSPS) is 34.0. The van der Waals surface area contributed by atoms with Crippen LogP contribution in [0.2, 0.25) is 0 Å². The number of fused-ring (bicyclic) bond motifs is 5. The van der Waals surface area contributed by atoms with E-state index in [0.29, 0.717) is 0 Å². The maximum absolute atomic E-state index is 5.16. The highest BCUT2D eigenvalue weighted by molar-refractivity contribution is 5.92. The fourth-order valence-electron chi connectivity index (χ4n) is 6.22. The van der Waals surface area contributed by atoms with Gasteiger partial charge in [0, 0.05) is 34.5 Å². The Hall–Kier alpha value is -2.07. The molecule has 1 heterocycles. The molecule has 3 aliphatic carbocycles. The second-order valence-electron chi connectivity index (χ2n) is 9.37. The van der Waals surface area contributed by atoms with Gasteiger partial charge in [-0.3, -0.25) is 0 Å².